The first-order valence-electron chi connectivity index (χ1n) is 5.35. The van der Waals surface area contributed by atoms with Gasteiger partial charge < -0.3 is 9.38 Å². The first-order valence-corrected chi connectivity index (χ1v) is 5.35. The van der Waals surface area contributed by atoms with E-state index in [0.29, 0.717) is 0 Å². The Hall–Kier alpha value is -1.16. The van der Waals surface area contributed by atoms with Crippen molar-refractivity contribution in [1.82, 2.24) is 4.90 Å². The lowest BCUT2D eigenvalue weighted by Crippen LogP contribution is -2.55. The molecule has 0 atom stereocenters. The summed E-state index contributed by atoms with van der Waals surface area (Å²) in [6, 6.07) is 0. The standard InChI is InChI=1S/C11H21N4/c1-4-5-11(13-10-12)14-6-8-15(2,3)9-7-14/h4-5,10,12H,6-9H2,1-3H3/q+1/b5-4-,12-10?,13-11?. The van der Waals surface area contributed by atoms with Crippen LogP contribution in [0.4, 0.5) is 0 Å². The quantitative estimate of drug-likeness (QED) is 0.411. The van der Waals surface area contributed by atoms with E-state index in [1.54, 1.807) is 0 Å². The molecule has 0 radical (unpaired) electrons. The number of likely N-dealkylation sites (N-methyl/N-ethyl adjacent to an activating group) is 1. The average molecular weight is 209 g/mol. The molecule has 0 aromatic heterocycles. The van der Waals surface area contributed by atoms with Gasteiger partial charge in [-0.3, -0.25) is 5.41 Å². The summed E-state index contributed by atoms with van der Waals surface area (Å²) in [7, 11) is 4.50. The summed E-state index contributed by atoms with van der Waals surface area (Å²) in [5.41, 5.74) is 0. The lowest BCUT2D eigenvalue weighted by Gasteiger charge is -2.39. The number of nitrogens with zero attached hydrogens (tertiary/aromatic N) is 3. The van der Waals surface area contributed by atoms with Crippen molar-refractivity contribution in [3.63, 3.8) is 0 Å². The van der Waals surface area contributed by atoms with Gasteiger partial charge in [0.1, 0.15) is 12.2 Å². The van der Waals surface area contributed by atoms with Crippen LogP contribution >= 0.6 is 0 Å². The van der Waals surface area contributed by atoms with Gasteiger partial charge in [-0.2, -0.15) is 0 Å². The van der Waals surface area contributed by atoms with E-state index < -0.39 is 0 Å². The number of allylic oxidation sites excluding steroid dienone is 1. The Morgan fingerprint density at radius 1 is 1.33 bits per heavy atom. The molecule has 1 N–H and O–H groups in total. The molecule has 0 bridgehead atoms. The number of hydrogen-bond acceptors (Lipinski definition) is 1. The maximum absolute atomic E-state index is 7.03. The van der Waals surface area contributed by atoms with Crippen LogP contribution < -0.4 is 0 Å². The van der Waals surface area contributed by atoms with Gasteiger partial charge >= 0.3 is 0 Å². The highest BCUT2D eigenvalue weighted by Crippen LogP contribution is 2.07. The Bertz CT molecular complexity index is 268. The van der Waals surface area contributed by atoms with Crippen molar-refractivity contribution in [3.05, 3.63) is 12.2 Å². The summed E-state index contributed by atoms with van der Waals surface area (Å²) < 4.78 is 1.07. The number of rotatable bonds is 2. The summed E-state index contributed by atoms with van der Waals surface area (Å²) in [6.45, 7) is 6.28. The van der Waals surface area contributed by atoms with Crippen LogP contribution in [0.25, 0.3) is 0 Å². The second kappa shape index (κ2) is 5.07. The predicted octanol–water partition coefficient (Wildman–Crippen LogP) is 0.960. The van der Waals surface area contributed by atoms with E-state index in [1.165, 1.54) is 0 Å². The Morgan fingerprint density at radius 3 is 2.40 bits per heavy atom. The fourth-order valence-electron chi connectivity index (χ4n) is 1.68. The van der Waals surface area contributed by atoms with Gasteiger partial charge in [0.2, 0.25) is 0 Å². The van der Waals surface area contributed by atoms with Crippen LogP contribution in [0, 0.1) is 5.41 Å². The normalized spacial score (nSPS) is 22.1. The fraction of sp³-hybridized carbons (Fsp3) is 0.636. The average Bonchev–Trinajstić information content (AvgIpc) is 2.18. The predicted molar refractivity (Wildman–Crippen MR) is 64.4 cm³/mol. The molecular weight excluding hydrogens is 188 g/mol. The van der Waals surface area contributed by atoms with Crippen LogP contribution in [0.3, 0.4) is 0 Å². The van der Waals surface area contributed by atoms with E-state index in [9.17, 15) is 0 Å². The van der Waals surface area contributed by atoms with Gasteiger partial charge in [-0.15, -0.1) is 0 Å². The zero-order chi connectivity index (χ0) is 11.3. The van der Waals surface area contributed by atoms with Crippen LogP contribution in [-0.2, 0) is 0 Å². The molecule has 0 saturated carbocycles. The minimum atomic E-state index is 0.909. The van der Waals surface area contributed by atoms with Crippen LogP contribution in [0.2, 0.25) is 0 Å². The van der Waals surface area contributed by atoms with Gasteiger partial charge in [0.25, 0.3) is 0 Å². The molecule has 4 nitrogen and oxygen atoms in total. The summed E-state index contributed by atoms with van der Waals surface area (Å²) in [5, 5.41) is 7.03. The van der Waals surface area contributed by atoms with Gasteiger partial charge in [-0.25, -0.2) is 4.99 Å². The van der Waals surface area contributed by atoms with Gasteiger partial charge in [-0.05, 0) is 13.0 Å². The van der Waals surface area contributed by atoms with Gasteiger partial charge in [-0.1, -0.05) is 6.08 Å². The molecule has 84 valence electrons. The van der Waals surface area contributed by atoms with E-state index in [2.05, 4.69) is 24.0 Å². The van der Waals surface area contributed by atoms with E-state index >= 15 is 0 Å². The Kier molecular flexibility index (Phi) is 4.03. The highest BCUT2D eigenvalue weighted by Gasteiger charge is 2.25. The third kappa shape index (κ3) is 3.47. The molecule has 0 aliphatic carbocycles. The van der Waals surface area contributed by atoms with Crippen molar-refractivity contribution in [2.24, 2.45) is 4.99 Å². The molecular formula is C11H21N4+. The van der Waals surface area contributed by atoms with E-state index in [1.807, 2.05) is 19.1 Å². The van der Waals surface area contributed by atoms with Gasteiger partial charge in [0.05, 0.1) is 40.3 Å². The molecule has 1 fully saturated rings. The molecule has 1 aliphatic rings. The number of amidine groups is 1. The molecule has 0 unspecified atom stereocenters. The van der Waals surface area contributed by atoms with Crippen molar-refractivity contribution in [2.75, 3.05) is 40.3 Å². The summed E-state index contributed by atoms with van der Waals surface area (Å²) in [6.07, 6.45) is 5.05. The molecule has 1 saturated heterocycles. The smallest absolute Gasteiger partial charge is 0.130 e. The Labute approximate surface area is 92.0 Å². The zero-order valence-electron chi connectivity index (χ0n) is 9.90. The number of nitrogens with one attached hydrogen (secondary N) is 1. The Morgan fingerprint density at radius 2 is 1.93 bits per heavy atom. The number of aliphatic imine (C=N–C) groups is 1. The molecule has 4 heteroatoms. The van der Waals surface area contributed by atoms with Gasteiger partial charge in [0, 0.05) is 0 Å². The van der Waals surface area contributed by atoms with Crippen molar-refractivity contribution < 1.29 is 4.48 Å². The monoisotopic (exact) mass is 209 g/mol. The number of hydrogen-bond donors (Lipinski definition) is 1. The van der Waals surface area contributed by atoms with Crippen LogP contribution in [0.5, 0.6) is 0 Å². The fourth-order valence-corrected chi connectivity index (χ4v) is 1.68. The largest absolute Gasteiger partial charge is 0.345 e. The molecule has 0 spiro atoms. The topological polar surface area (TPSA) is 39.5 Å². The molecule has 0 aromatic rings. The zero-order valence-corrected chi connectivity index (χ0v) is 9.90. The minimum absolute atomic E-state index is 0.909. The minimum Gasteiger partial charge on any atom is -0.345 e. The maximum atomic E-state index is 7.03. The second-order valence-electron chi connectivity index (χ2n) is 4.49. The first-order chi connectivity index (χ1) is 7.09. The van der Waals surface area contributed by atoms with Crippen molar-refractivity contribution in [1.29, 1.82) is 5.41 Å². The summed E-state index contributed by atoms with van der Waals surface area (Å²) in [5.74, 6) is 0.909. The lowest BCUT2D eigenvalue weighted by molar-refractivity contribution is -0.894. The van der Waals surface area contributed by atoms with Crippen LogP contribution in [-0.4, -0.2) is 61.8 Å². The second-order valence-corrected chi connectivity index (χ2v) is 4.49. The van der Waals surface area contributed by atoms with E-state index in [-0.39, 0.29) is 0 Å². The maximum Gasteiger partial charge on any atom is 0.130 e. The molecule has 15 heavy (non-hydrogen) atoms. The number of piperazine rings is 1. The van der Waals surface area contributed by atoms with Gasteiger partial charge in [0.15, 0.2) is 0 Å². The summed E-state index contributed by atoms with van der Waals surface area (Å²) >= 11 is 0. The van der Waals surface area contributed by atoms with E-state index in [0.717, 1.165) is 42.8 Å². The van der Waals surface area contributed by atoms with Crippen LogP contribution in [0.15, 0.2) is 17.1 Å². The highest BCUT2D eigenvalue weighted by atomic mass is 15.4. The Balaban J connectivity index is 2.65. The molecule has 1 rings (SSSR count). The molecule has 0 aromatic carbocycles. The lowest BCUT2D eigenvalue weighted by atomic mass is 10.2. The SMILES string of the molecule is C/C=C\C(=NC=N)N1CC[N+](C)(C)CC1. The molecule has 1 aliphatic heterocycles. The first kappa shape index (κ1) is 11.9. The van der Waals surface area contributed by atoms with E-state index in [4.69, 9.17) is 5.41 Å². The van der Waals surface area contributed by atoms with Crippen molar-refractivity contribution in [2.45, 2.75) is 6.92 Å². The molecule has 0 amide bonds. The third-order valence-corrected chi connectivity index (χ3v) is 2.79. The summed E-state index contributed by atoms with van der Waals surface area (Å²) in [4.78, 5) is 6.32. The van der Waals surface area contributed by atoms with Crippen LogP contribution in [0.1, 0.15) is 6.92 Å². The van der Waals surface area contributed by atoms with Crippen molar-refractivity contribution >= 4 is 12.2 Å². The van der Waals surface area contributed by atoms with Crippen molar-refractivity contribution in [3.8, 4) is 0 Å². The number of quaternary nitrogens is 1. The molecule has 1 heterocycles. The third-order valence-electron chi connectivity index (χ3n) is 2.79. The highest BCUT2D eigenvalue weighted by molar-refractivity contribution is 5.97.